The number of hydrogen-bond acceptors (Lipinski definition) is 2. The van der Waals surface area contributed by atoms with E-state index in [9.17, 15) is 19.1 Å². The van der Waals surface area contributed by atoms with Crippen LogP contribution in [0.25, 0.3) is 0 Å². The van der Waals surface area contributed by atoms with Crippen molar-refractivity contribution in [2.24, 2.45) is 23.2 Å². The molecule has 2 aliphatic carbocycles. The average Bonchev–Trinajstić information content (AvgIpc) is 2.99. The van der Waals surface area contributed by atoms with Crippen LogP contribution < -0.4 is 0 Å². The third-order valence-corrected chi connectivity index (χ3v) is 5.50. The highest BCUT2D eigenvalue weighted by molar-refractivity contribution is 6.30. The Morgan fingerprint density at radius 3 is 2.71 bits per heavy atom. The smallest absolute Gasteiger partial charge is 0.310 e. The highest BCUT2D eigenvalue weighted by Gasteiger charge is 2.75. The van der Waals surface area contributed by atoms with Crippen molar-refractivity contribution in [1.29, 1.82) is 0 Å². The number of carboxylic acids is 1. The van der Waals surface area contributed by atoms with Crippen LogP contribution in [-0.2, 0) is 16.0 Å². The summed E-state index contributed by atoms with van der Waals surface area (Å²) >= 11 is 5.74. The number of carbonyl (C=O) groups excluding carboxylic acids is 1. The second-order valence-corrected chi connectivity index (χ2v) is 6.48. The van der Waals surface area contributed by atoms with E-state index in [1.54, 1.807) is 12.1 Å². The summed E-state index contributed by atoms with van der Waals surface area (Å²) in [5.41, 5.74) is -0.00734. The summed E-state index contributed by atoms with van der Waals surface area (Å²) < 4.78 is 13.1. The van der Waals surface area contributed by atoms with Crippen molar-refractivity contribution in [3.8, 4) is 0 Å². The van der Waals surface area contributed by atoms with Crippen LogP contribution in [0.4, 0.5) is 4.39 Å². The molecule has 21 heavy (non-hydrogen) atoms. The number of carboxylic acid groups (broad SMARTS) is 1. The largest absolute Gasteiger partial charge is 0.481 e. The molecular weight excluding hydrogens is 295 g/mol. The molecule has 2 aliphatic rings. The Kier molecular flexibility index (Phi) is 3.32. The number of ketones is 1. The number of hydrogen-bond donors (Lipinski definition) is 1. The zero-order chi connectivity index (χ0) is 15.4. The first-order valence-electron chi connectivity index (χ1n) is 7.12. The maximum Gasteiger partial charge on any atom is 0.310 e. The molecule has 3 rings (SSSR count). The fraction of sp³-hybridized carbons (Fsp3) is 0.500. The minimum absolute atomic E-state index is 0.0339. The molecule has 4 atom stereocenters. The third kappa shape index (κ3) is 2.00. The molecule has 1 aromatic carbocycles. The van der Waals surface area contributed by atoms with Crippen LogP contribution in [0.3, 0.4) is 0 Å². The van der Waals surface area contributed by atoms with Crippen molar-refractivity contribution in [3.05, 3.63) is 34.6 Å². The first kappa shape index (κ1) is 14.5. The fourth-order valence-electron chi connectivity index (χ4n) is 4.05. The number of benzene rings is 1. The normalized spacial score (nSPS) is 33.9. The zero-order valence-electron chi connectivity index (χ0n) is 11.6. The monoisotopic (exact) mass is 310 g/mol. The lowest BCUT2D eigenvalue weighted by Gasteiger charge is -2.18. The first-order chi connectivity index (χ1) is 9.91. The molecule has 0 spiro atoms. The number of Topliss-reactive ketones (excluding diaryl/α,β-unsaturated/α-hetero) is 1. The van der Waals surface area contributed by atoms with E-state index < -0.39 is 17.2 Å². The predicted molar refractivity (Wildman–Crippen MR) is 75.6 cm³/mol. The summed E-state index contributed by atoms with van der Waals surface area (Å²) in [5.74, 6) is -1.81. The molecule has 1 N–H and O–H groups in total. The molecule has 112 valence electrons. The van der Waals surface area contributed by atoms with Crippen LogP contribution in [0.5, 0.6) is 0 Å². The van der Waals surface area contributed by atoms with Gasteiger partial charge in [-0.3, -0.25) is 9.59 Å². The molecule has 5 heteroatoms. The van der Waals surface area contributed by atoms with E-state index >= 15 is 0 Å². The van der Waals surface area contributed by atoms with E-state index in [0.29, 0.717) is 19.3 Å². The number of aliphatic carboxylic acids is 1. The first-order valence-corrected chi connectivity index (χ1v) is 7.50. The minimum atomic E-state index is -0.850. The molecule has 0 amide bonds. The van der Waals surface area contributed by atoms with Gasteiger partial charge in [-0.2, -0.15) is 0 Å². The van der Waals surface area contributed by atoms with Gasteiger partial charge >= 0.3 is 5.97 Å². The molecule has 1 aromatic rings. The Labute approximate surface area is 127 Å². The molecule has 0 aliphatic heterocycles. The lowest BCUT2D eigenvalue weighted by atomic mass is 9.84. The summed E-state index contributed by atoms with van der Waals surface area (Å²) in [4.78, 5) is 23.8. The van der Waals surface area contributed by atoms with E-state index in [2.05, 4.69) is 0 Å². The minimum Gasteiger partial charge on any atom is -0.481 e. The number of carbonyl (C=O) groups is 2. The molecule has 0 radical (unpaired) electrons. The van der Waals surface area contributed by atoms with Crippen molar-refractivity contribution in [2.45, 2.75) is 26.2 Å². The quantitative estimate of drug-likeness (QED) is 0.928. The second-order valence-electron chi connectivity index (χ2n) is 6.07. The van der Waals surface area contributed by atoms with Crippen molar-refractivity contribution < 1.29 is 19.1 Å². The highest BCUT2D eigenvalue weighted by Crippen LogP contribution is 2.69. The molecule has 0 saturated heterocycles. The number of rotatable bonds is 4. The van der Waals surface area contributed by atoms with E-state index in [-0.39, 0.29) is 28.6 Å². The molecule has 3 nitrogen and oxygen atoms in total. The summed E-state index contributed by atoms with van der Waals surface area (Å²) in [5, 5.41) is 9.41. The van der Waals surface area contributed by atoms with Gasteiger partial charge in [-0.15, -0.1) is 0 Å². The number of fused-ring (bicyclic) bond motifs is 1. The van der Waals surface area contributed by atoms with Crippen LogP contribution >= 0.6 is 11.6 Å². The second kappa shape index (κ2) is 4.80. The van der Waals surface area contributed by atoms with Crippen LogP contribution in [-0.4, -0.2) is 16.9 Å². The van der Waals surface area contributed by atoms with E-state index in [1.807, 2.05) is 6.92 Å². The van der Waals surface area contributed by atoms with Gasteiger partial charge in [-0.25, -0.2) is 4.39 Å². The van der Waals surface area contributed by atoms with Crippen molar-refractivity contribution in [3.63, 3.8) is 0 Å². The van der Waals surface area contributed by atoms with Gasteiger partial charge in [-0.05, 0) is 42.9 Å². The van der Waals surface area contributed by atoms with Gasteiger partial charge in [-0.1, -0.05) is 24.6 Å². The van der Waals surface area contributed by atoms with E-state index in [1.165, 1.54) is 6.07 Å². The maximum atomic E-state index is 13.1. The molecule has 0 heterocycles. The fourth-order valence-corrected chi connectivity index (χ4v) is 4.26. The highest BCUT2D eigenvalue weighted by atomic mass is 35.5. The van der Waals surface area contributed by atoms with Gasteiger partial charge < -0.3 is 5.11 Å². The number of halogens is 2. The Hall–Kier alpha value is -1.42. The summed E-state index contributed by atoms with van der Waals surface area (Å²) in [6.45, 7) is 1.83. The molecule has 3 unspecified atom stereocenters. The van der Waals surface area contributed by atoms with Crippen molar-refractivity contribution in [2.75, 3.05) is 0 Å². The third-order valence-electron chi connectivity index (χ3n) is 5.21. The Morgan fingerprint density at radius 1 is 1.52 bits per heavy atom. The van der Waals surface area contributed by atoms with Gasteiger partial charge in [0.15, 0.2) is 0 Å². The molecule has 0 bridgehead atoms. The Morgan fingerprint density at radius 2 is 2.24 bits per heavy atom. The topological polar surface area (TPSA) is 54.4 Å². The maximum absolute atomic E-state index is 13.1. The standard InChI is InChI=1S/C16H16ClFO3/c1-2-16(15(20)21)10-7-9(14(19)13(10)16)5-8-3-4-12(18)11(17)6-8/h3-4,6,9-10,13H,2,5,7H2,1H3,(H,20,21)/t9?,10?,13?,16-/m1/s1. The zero-order valence-corrected chi connectivity index (χ0v) is 12.4. The van der Waals surface area contributed by atoms with Crippen LogP contribution in [0, 0.1) is 29.0 Å². The van der Waals surface area contributed by atoms with Crippen LogP contribution in [0.1, 0.15) is 25.3 Å². The Bertz CT molecular complexity index is 630. The van der Waals surface area contributed by atoms with E-state index in [0.717, 1.165) is 5.56 Å². The van der Waals surface area contributed by atoms with E-state index in [4.69, 9.17) is 11.6 Å². The lowest BCUT2D eigenvalue weighted by molar-refractivity contribution is -0.147. The molecule has 0 aromatic heterocycles. The van der Waals surface area contributed by atoms with Crippen molar-refractivity contribution >= 4 is 23.4 Å². The predicted octanol–water partition coefficient (Wildman–Crippen LogP) is 3.34. The summed E-state index contributed by atoms with van der Waals surface area (Å²) in [7, 11) is 0. The van der Waals surface area contributed by atoms with Crippen LogP contribution in [0.15, 0.2) is 18.2 Å². The SMILES string of the molecule is CC[C@@]1(C(=O)O)C2CC(Cc3ccc(F)c(Cl)c3)C(=O)C21. The van der Waals surface area contributed by atoms with Gasteiger partial charge in [0.05, 0.1) is 10.4 Å². The molecule has 2 fully saturated rings. The Balaban J connectivity index is 1.73. The van der Waals surface area contributed by atoms with Crippen molar-refractivity contribution in [1.82, 2.24) is 0 Å². The summed E-state index contributed by atoms with van der Waals surface area (Å²) in [6.07, 6.45) is 1.61. The molecular formula is C16H16ClFO3. The van der Waals surface area contributed by atoms with Gasteiger partial charge in [0, 0.05) is 11.8 Å². The van der Waals surface area contributed by atoms with Gasteiger partial charge in [0.25, 0.3) is 0 Å². The molecule has 2 saturated carbocycles. The van der Waals surface area contributed by atoms with Gasteiger partial charge in [0.1, 0.15) is 11.6 Å². The lowest BCUT2D eigenvalue weighted by Crippen LogP contribution is -2.27. The van der Waals surface area contributed by atoms with Crippen LogP contribution in [0.2, 0.25) is 5.02 Å². The average molecular weight is 311 g/mol. The van der Waals surface area contributed by atoms with Gasteiger partial charge in [0.2, 0.25) is 0 Å². The summed E-state index contributed by atoms with van der Waals surface area (Å²) in [6, 6.07) is 4.46.